The minimum Gasteiger partial charge on any atom is -0.274 e. The van der Waals surface area contributed by atoms with E-state index in [1.807, 2.05) is 0 Å². The highest BCUT2D eigenvalue weighted by Crippen LogP contribution is 2.32. The molecule has 1 aliphatic rings. The molecule has 1 fully saturated rings. The maximum absolute atomic E-state index is 12.1. The van der Waals surface area contributed by atoms with E-state index in [9.17, 15) is 19.7 Å². The molecule has 1 saturated heterocycles. The molecule has 1 aromatic rings. The third kappa shape index (κ3) is 2.46. The van der Waals surface area contributed by atoms with Gasteiger partial charge in [0.1, 0.15) is 0 Å². The van der Waals surface area contributed by atoms with Gasteiger partial charge in [0.25, 0.3) is 5.69 Å². The average Bonchev–Trinajstić information content (AvgIpc) is 2.65. The molecule has 0 aromatic heterocycles. The summed E-state index contributed by atoms with van der Waals surface area (Å²) in [7, 11) is 0. The largest absolute Gasteiger partial charge is 0.274 e. The van der Waals surface area contributed by atoms with E-state index in [2.05, 4.69) is 22.6 Å². The number of carbonyl (C=O) groups is 2. The predicted octanol–water partition coefficient (Wildman–Crippen LogP) is 2.22. The summed E-state index contributed by atoms with van der Waals surface area (Å²) in [4.78, 5) is 35.3. The number of nitro groups is 1. The van der Waals surface area contributed by atoms with Crippen LogP contribution in [-0.2, 0) is 9.59 Å². The van der Waals surface area contributed by atoms with Crippen molar-refractivity contribution in [1.82, 2.24) is 0 Å². The summed E-state index contributed by atoms with van der Waals surface area (Å²) in [5.41, 5.74) is 0.858. The highest BCUT2D eigenvalue weighted by Gasteiger charge is 2.39. The molecule has 7 heteroatoms. The Labute approximate surface area is 123 Å². The number of aryl methyl sites for hydroxylation is 1. The fourth-order valence-corrected chi connectivity index (χ4v) is 2.71. The van der Waals surface area contributed by atoms with Crippen LogP contribution in [-0.4, -0.2) is 21.2 Å². The third-order valence-electron chi connectivity index (χ3n) is 3.07. The van der Waals surface area contributed by atoms with Gasteiger partial charge in [0, 0.05) is 23.0 Å². The maximum atomic E-state index is 12.1. The number of halogens is 1. The van der Waals surface area contributed by atoms with Gasteiger partial charge in [-0.15, -0.1) is 0 Å². The Hall–Kier alpha value is -1.51. The van der Waals surface area contributed by atoms with E-state index in [0.29, 0.717) is 15.7 Å². The number of imide groups is 1. The zero-order valence-electron chi connectivity index (χ0n) is 10.1. The van der Waals surface area contributed by atoms with Crippen LogP contribution in [0.3, 0.4) is 0 Å². The van der Waals surface area contributed by atoms with Crippen molar-refractivity contribution in [3.63, 3.8) is 0 Å². The normalized spacial score (nSPS) is 19.1. The van der Waals surface area contributed by atoms with Crippen molar-refractivity contribution in [2.45, 2.75) is 13.3 Å². The van der Waals surface area contributed by atoms with Crippen LogP contribution in [0.4, 0.5) is 11.4 Å². The van der Waals surface area contributed by atoms with Crippen molar-refractivity contribution in [3.8, 4) is 0 Å². The standard InChI is InChI=1S/C12H11IN2O4/c1-7-2-3-9(15(18)19)5-10(7)14-11(16)4-8(6-13)12(14)17/h2-3,5,8H,4,6H2,1H3. The number of amides is 2. The number of anilines is 1. The lowest BCUT2D eigenvalue weighted by atomic mass is 10.1. The molecule has 1 atom stereocenters. The molecule has 100 valence electrons. The number of hydrogen-bond donors (Lipinski definition) is 0. The third-order valence-corrected chi connectivity index (χ3v) is 4.13. The Morgan fingerprint density at radius 1 is 1.47 bits per heavy atom. The van der Waals surface area contributed by atoms with E-state index in [4.69, 9.17) is 0 Å². The Morgan fingerprint density at radius 3 is 2.68 bits per heavy atom. The van der Waals surface area contributed by atoms with E-state index in [1.165, 1.54) is 12.1 Å². The molecule has 1 unspecified atom stereocenters. The predicted molar refractivity (Wildman–Crippen MR) is 77.3 cm³/mol. The second kappa shape index (κ2) is 5.24. The number of alkyl halides is 1. The SMILES string of the molecule is Cc1ccc([N+](=O)[O-])cc1N1C(=O)CC(CI)C1=O. The van der Waals surface area contributed by atoms with E-state index < -0.39 is 4.92 Å². The fourth-order valence-electron chi connectivity index (χ4n) is 2.02. The first-order chi connectivity index (χ1) is 8.95. The topological polar surface area (TPSA) is 80.5 Å². The monoisotopic (exact) mass is 374 g/mol. The molecule has 19 heavy (non-hydrogen) atoms. The van der Waals surface area contributed by atoms with Crippen LogP contribution in [0.5, 0.6) is 0 Å². The highest BCUT2D eigenvalue weighted by atomic mass is 127. The van der Waals surface area contributed by atoms with Crippen molar-refractivity contribution in [3.05, 3.63) is 33.9 Å². The number of nitrogens with zero attached hydrogens (tertiary/aromatic N) is 2. The van der Waals surface area contributed by atoms with Gasteiger partial charge in [-0.25, -0.2) is 4.90 Å². The minimum absolute atomic E-state index is 0.126. The van der Waals surface area contributed by atoms with Crippen molar-refractivity contribution in [1.29, 1.82) is 0 Å². The molecule has 1 heterocycles. The molecule has 1 aliphatic heterocycles. The van der Waals surface area contributed by atoms with Crippen LogP contribution < -0.4 is 4.90 Å². The van der Waals surface area contributed by atoms with E-state index in [-0.39, 0.29) is 29.8 Å². The molecule has 0 radical (unpaired) electrons. The fraction of sp³-hybridized carbons (Fsp3) is 0.333. The number of non-ortho nitro benzene ring substituents is 1. The van der Waals surface area contributed by atoms with Gasteiger partial charge in [-0.1, -0.05) is 28.7 Å². The average molecular weight is 374 g/mol. The first-order valence-corrected chi connectivity index (χ1v) is 7.16. The maximum Gasteiger partial charge on any atom is 0.271 e. The second-order valence-electron chi connectivity index (χ2n) is 4.35. The van der Waals surface area contributed by atoms with Crippen molar-refractivity contribution >= 4 is 45.8 Å². The lowest BCUT2D eigenvalue weighted by Gasteiger charge is -2.16. The quantitative estimate of drug-likeness (QED) is 0.267. The van der Waals surface area contributed by atoms with Gasteiger partial charge in [0.15, 0.2) is 0 Å². The summed E-state index contributed by atoms with van der Waals surface area (Å²) in [6.45, 7) is 1.72. The molecule has 2 amide bonds. The summed E-state index contributed by atoms with van der Waals surface area (Å²) in [6, 6.07) is 4.19. The summed E-state index contributed by atoms with van der Waals surface area (Å²) in [6.07, 6.45) is 0.171. The molecule has 0 bridgehead atoms. The van der Waals surface area contributed by atoms with Gasteiger partial charge >= 0.3 is 0 Å². The van der Waals surface area contributed by atoms with Gasteiger partial charge in [-0.2, -0.15) is 0 Å². The summed E-state index contributed by atoms with van der Waals surface area (Å²) in [5, 5.41) is 10.8. The first kappa shape index (κ1) is 13.9. The van der Waals surface area contributed by atoms with Crippen LogP contribution in [0.25, 0.3) is 0 Å². The zero-order chi connectivity index (χ0) is 14.2. The summed E-state index contributed by atoms with van der Waals surface area (Å²) >= 11 is 2.06. The van der Waals surface area contributed by atoms with E-state index in [1.54, 1.807) is 13.0 Å². The van der Waals surface area contributed by atoms with Crippen LogP contribution >= 0.6 is 22.6 Å². The van der Waals surface area contributed by atoms with E-state index >= 15 is 0 Å². The van der Waals surface area contributed by atoms with Crippen molar-refractivity contribution in [2.75, 3.05) is 9.33 Å². The number of hydrogen-bond acceptors (Lipinski definition) is 4. The molecule has 0 spiro atoms. The Morgan fingerprint density at radius 2 is 2.16 bits per heavy atom. The van der Waals surface area contributed by atoms with Gasteiger partial charge in [0.05, 0.1) is 16.5 Å². The molecular formula is C12H11IN2O4. The second-order valence-corrected chi connectivity index (χ2v) is 5.23. The zero-order valence-corrected chi connectivity index (χ0v) is 12.3. The first-order valence-electron chi connectivity index (χ1n) is 5.63. The smallest absolute Gasteiger partial charge is 0.271 e. The lowest BCUT2D eigenvalue weighted by Crippen LogP contribution is -2.31. The van der Waals surface area contributed by atoms with Crippen LogP contribution in [0.2, 0.25) is 0 Å². The van der Waals surface area contributed by atoms with E-state index in [0.717, 1.165) is 4.90 Å². The molecular weight excluding hydrogens is 363 g/mol. The molecule has 0 N–H and O–H groups in total. The number of benzene rings is 1. The van der Waals surface area contributed by atoms with Crippen molar-refractivity contribution in [2.24, 2.45) is 5.92 Å². The molecule has 2 rings (SSSR count). The highest BCUT2D eigenvalue weighted by molar-refractivity contribution is 14.1. The Bertz CT molecular complexity index is 573. The van der Waals surface area contributed by atoms with Crippen molar-refractivity contribution < 1.29 is 14.5 Å². The molecule has 1 aromatic carbocycles. The van der Waals surface area contributed by atoms with Crippen LogP contribution in [0.15, 0.2) is 18.2 Å². The van der Waals surface area contributed by atoms with Crippen LogP contribution in [0.1, 0.15) is 12.0 Å². The molecule has 0 aliphatic carbocycles. The lowest BCUT2D eigenvalue weighted by molar-refractivity contribution is -0.384. The van der Waals surface area contributed by atoms with Crippen LogP contribution in [0, 0.1) is 23.0 Å². The minimum atomic E-state index is -0.538. The van der Waals surface area contributed by atoms with Gasteiger partial charge in [0.2, 0.25) is 11.8 Å². The van der Waals surface area contributed by atoms with Gasteiger partial charge < -0.3 is 0 Å². The van der Waals surface area contributed by atoms with Gasteiger partial charge in [-0.05, 0) is 12.5 Å². The summed E-state index contributed by atoms with van der Waals surface area (Å²) in [5.74, 6) is -0.898. The number of nitro benzene ring substituents is 1. The van der Waals surface area contributed by atoms with Gasteiger partial charge in [-0.3, -0.25) is 19.7 Å². The summed E-state index contributed by atoms with van der Waals surface area (Å²) < 4.78 is 0.562. The Balaban J connectivity index is 2.47. The molecule has 0 saturated carbocycles. The number of carbonyl (C=O) groups excluding carboxylic acids is 2. The molecule has 6 nitrogen and oxygen atoms in total. The Kier molecular flexibility index (Phi) is 3.83. The number of rotatable bonds is 3.